The number of aromatic nitrogens is 5. The van der Waals surface area contributed by atoms with Crippen LogP contribution in [-0.4, -0.2) is 42.3 Å². The third-order valence-electron chi connectivity index (χ3n) is 5.40. The molecule has 0 saturated carbocycles. The number of nitrogens with zero attached hydrogens (tertiary/aromatic N) is 5. The van der Waals surface area contributed by atoms with E-state index < -0.39 is 0 Å². The van der Waals surface area contributed by atoms with Gasteiger partial charge in [-0.25, -0.2) is 4.98 Å². The van der Waals surface area contributed by atoms with Crippen molar-refractivity contribution in [3.05, 3.63) is 60.6 Å². The minimum atomic E-state index is -0.102. The van der Waals surface area contributed by atoms with Crippen molar-refractivity contribution in [1.82, 2.24) is 24.5 Å². The van der Waals surface area contributed by atoms with Crippen molar-refractivity contribution in [3.63, 3.8) is 0 Å². The highest BCUT2D eigenvalue weighted by Gasteiger charge is 2.16. The van der Waals surface area contributed by atoms with Crippen molar-refractivity contribution >= 4 is 22.9 Å². The van der Waals surface area contributed by atoms with Gasteiger partial charge in [0.2, 0.25) is 5.95 Å². The number of hydrogen-bond donors (Lipinski definition) is 3. The molecule has 0 bridgehead atoms. The molecule has 0 aliphatic heterocycles. The molecule has 0 radical (unpaired) electrons. The topological polar surface area (TPSA) is 101 Å². The first-order chi connectivity index (χ1) is 15.6. The van der Waals surface area contributed by atoms with Gasteiger partial charge in [0, 0.05) is 24.3 Å². The van der Waals surface area contributed by atoms with E-state index in [-0.39, 0.29) is 55.9 Å². The Morgan fingerprint density at radius 2 is 1.71 bits per heavy atom. The lowest BCUT2D eigenvalue weighted by molar-refractivity contribution is -0.001000. The van der Waals surface area contributed by atoms with E-state index in [0.29, 0.717) is 18.3 Å². The Balaban J connectivity index is 0.00000204. The molecule has 8 nitrogen and oxygen atoms in total. The first kappa shape index (κ1) is 30.4. The number of aliphatic hydroxyl groups excluding tert-OH is 1. The number of halogens is 3. The summed E-state index contributed by atoms with van der Waals surface area (Å²) in [5.41, 5.74) is 4.64. The van der Waals surface area contributed by atoms with E-state index in [9.17, 15) is 5.11 Å². The summed E-state index contributed by atoms with van der Waals surface area (Å²) in [4.78, 5) is 18.3. The Morgan fingerprint density at radius 1 is 0.971 bits per heavy atom. The molecule has 35 heavy (non-hydrogen) atoms. The number of benzene rings is 1. The van der Waals surface area contributed by atoms with Gasteiger partial charge in [0.15, 0.2) is 17.0 Å². The molecule has 190 valence electrons. The van der Waals surface area contributed by atoms with Crippen LogP contribution in [0.2, 0.25) is 0 Å². The van der Waals surface area contributed by atoms with Gasteiger partial charge in [-0.2, -0.15) is 9.97 Å². The van der Waals surface area contributed by atoms with Gasteiger partial charge in [0.25, 0.3) is 0 Å². The largest absolute Gasteiger partial charge is 1.00 e. The molecule has 0 saturated heterocycles. The molecule has 4 aromatic rings. The second-order valence-electron chi connectivity index (χ2n) is 8.01. The number of imidazole rings is 1. The SMILES string of the molecule is CC[C@H](CO)Nc1nc(NCc2ccc(-c3ccccn3)cc2)c2ncn(C(C)C)c2n1.[Cl-].[Cl-].[Cl-]. The fraction of sp³-hybridized carbons (Fsp3) is 0.333. The van der Waals surface area contributed by atoms with Crippen LogP contribution >= 0.6 is 0 Å². The molecular formula is C24H29Cl3N7O-3. The summed E-state index contributed by atoms with van der Waals surface area (Å²) < 4.78 is 2.02. The highest BCUT2D eigenvalue weighted by Crippen LogP contribution is 2.25. The summed E-state index contributed by atoms with van der Waals surface area (Å²) in [6, 6.07) is 14.3. The predicted octanol–water partition coefficient (Wildman–Crippen LogP) is -4.72. The summed E-state index contributed by atoms with van der Waals surface area (Å²) in [5, 5.41) is 16.2. The van der Waals surface area contributed by atoms with Crippen LogP contribution in [0.5, 0.6) is 0 Å². The van der Waals surface area contributed by atoms with Gasteiger partial charge in [-0.3, -0.25) is 4.98 Å². The van der Waals surface area contributed by atoms with Gasteiger partial charge in [-0.1, -0.05) is 37.3 Å². The van der Waals surface area contributed by atoms with E-state index in [4.69, 9.17) is 0 Å². The Hall–Kier alpha value is -2.65. The average Bonchev–Trinajstić information content (AvgIpc) is 3.26. The molecule has 0 aliphatic carbocycles. The molecule has 3 heterocycles. The van der Waals surface area contributed by atoms with Gasteiger partial charge < -0.3 is 57.5 Å². The van der Waals surface area contributed by atoms with Gasteiger partial charge in [-0.15, -0.1) is 0 Å². The number of rotatable bonds is 9. The quantitative estimate of drug-likeness (QED) is 0.197. The summed E-state index contributed by atoms with van der Waals surface area (Å²) >= 11 is 0. The van der Waals surface area contributed by atoms with Crippen LogP contribution in [0.1, 0.15) is 38.8 Å². The van der Waals surface area contributed by atoms with E-state index in [0.717, 1.165) is 34.4 Å². The maximum absolute atomic E-state index is 9.57. The standard InChI is InChI=1S/C24H29N7O.3ClH/c1-4-19(14-32)28-24-29-22(21-23(30-24)31(15-27-21)16(2)3)26-13-17-8-10-18(11-9-17)20-7-5-6-12-25-20;;;/h5-12,15-16,19,32H,4,13-14H2,1-3H3,(H2,26,28,29,30);3*1H/p-3/t19-;;;/m1.../s1. The molecular weight excluding hydrogens is 509 g/mol. The number of hydrogen-bond acceptors (Lipinski definition) is 7. The van der Waals surface area contributed by atoms with Crippen molar-refractivity contribution < 1.29 is 42.3 Å². The fourth-order valence-electron chi connectivity index (χ4n) is 3.45. The predicted molar refractivity (Wildman–Crippen MR) is 127 cm³/mol. The van der Waals surface area contributed by atoms with E-state index >= 15 is 0 Å². The first-order valence-corrected chi connectivity index (χ1v) is 10.9. The summed E-state index contributed by atoms with van der Waals surface area (Å²) in [5.74, 6) is 1.15. The second kappa shape index (κ2) is 14.0. The van der Waals surface area contributed by atoms with Gasteiger partial charge >= 0.3 is 0 Å². The van der Waals surface area contributed by atoms with Crippen LogP contribution in [0, 0.1) is 0 Å². The molecule has 1 atom stereocenters. The molecule has 0 fully saturated rings. The van der Waals surface area contributed by atoms with Gasteiger partial charge in [-0.05, 0) is 38.0 Å². The van der Waals surface area contributed by atoms with Crippen LogP contribution in [0.25, 0.3) is 22.4 Å². The smallest absolute Gasteiger partial charge is 0.227 e. The van der Waals surface area contributed by atoms with Crippen molar-refractivity contribution in [2.45, 2.75) is 45.8 Å². The third-order valence-corrected chi connectivity index (χ3v) is 5.40. The monoisotopic (exact) mass is 536 g/mol. The Kier molecular flexibility index (Phi) is 12.2. The normalized spacial score (nSPS) is 11.2. The fourth-order valence-corrected chi connectivity index (χ4v) is 3.45. The molecule has 3 aromatic heterocycles. The maximum Gasteiger partial charge on any atom is 0.227 e. The summed E-state index contributed by atoms with van der Waals surface area (Å²) in [6.45, 7) is 6.81. The van der Waals surface area contributed by atoms with E-state index in [1.165, 1.54) is 0 Å². The van der Waals surface area contributed by atoms with Crippen molar-refractivity contribution in [2.75, 3.05) is 17.2 Å². The first-order valence-electron chi connectivity index (χ1n) is 10.9. The average molecular weight is 538 g/mol. The van der Waals surface area contributed by atoms with Crippen LogP contribution < -0.4 is 47.9 Å². The highest BCUT2D eigenvalue weighted by atomic mass is 35.5. The summed E-state index contributed by atoms with van der Waals surface area (Å²) in [6.07, 6.45) is 4.36. The Labute approximate surface area is 224 Å². The molecule has 0 aliphatic rings. The van der Waals surface area contributed by atoms with Crippen molar-refractivity contribution in [1.29, 1.82) is 0 Å². The number of fused-ring (bicyclic) bond motifs is 1. The van der Waals surface area contributed by atoms with Crippen LogP contribution in [-0.2, 0) is 6.54 Å². The molecule has 0 unspecified atom stereocenters. The second-order valence-corrected chi connectivity index (χ2v) is 8.01. The zero-order valence-electron chi connectivity index (χ0n) is 19.8. The third kappa shape index (κ3) is 7.18. The van der Waals surface area contributed by atoms with Crippen LogP contribution in [0.15, 0.2) is 55.0 Å². The number of pyridine rings is 1. The molecule has 0 amide bonds. The number of anilines is 2. The minimum absolute atomic E-state index is 0. The van der Waals surface area contributed by atoms with E-state index in [1.54, 1.807) is 12.5 Å². The lowest BCUT2D eigenvalue weighted by Crippen LogP contribution is -3.00. The Bertz CT molecular complexity index is 1170. The maximum atomic E-state index is 9.57. The molecule has 4 rings (SSSR count). The summed E-state index contributed by atoms with van der Waals surface area (Å²) in [7, 11) is 0. The van der Waals surface area contributed by atoms with Gasteiger partial charge in [0.05, 0.1) is 24.7 Å². The molecule has 3 N–H and O–H groups in total. The Morgan fingerprint density at radius 3 is 2.31 bits per heavy atom. The van der Waals surface area contributed by atoms with Crippen molar-refractivity contribution in [2.24, 2.45) is 0 Å². The number of aliphatic hydroxyl groups is 1. The lowest BCUT2D eigenvalue weighted by atomic mass is 10.1. The van der Waals surface area contributed by atoms with Gasteiger partial charge in [0.1, 0.15) is 0 Å². The van der Waals surface area contributed by atoms with Crippen molar-refractivity contribution in [3.8, 4) is 11.3 Å². The number of nitrogens with one attached hydrogen (secondary N) is 2. The molecule has 1 aromatic carbocycles. The van der Waals surface area contributed by atoms with E-state index in [2.05, 4.69) is 68.7 Å². The minimum Gasteiger partial charge on any atom is -1.00 e. The van der Waals surface area contributed by atoms with E-state index in [1.807, 2.05) is 29.7 Å². The lowest BCUT2D eigenvalue weighted by Gasteiger charge is -2.16. The van der Waals surface area contributed by atoms with Crippen LogP contribution in [0.4, 0.5) is 11.8 Å². The highest BCUT2D eigenvalue weighted by molar-refractivity contribution is 5.84. The van der Waals surface area contributed by atoms with Crippen LogP contribution in [0.3, 0.4) is 0 Å². The zero-order chi connectivity index (χ0) is 22.5. The zero-order valence-corrected chi connectivity index (χ0v) is 22.1. The molecule has 0 spiro atoms. The molecule has 11 heteroatoms.